The molecule has 13 nitrogen and oxygen atoms in total. The van der Waals surface area contributed by atoms with Gasteiger partial charge in [0.05, 0.1) is 0 Å². The van der Waals surface area contributed by atoms with Gasteiger partial charge in [0.2, 0.25) is 11.5 Å². The number of aliphatic carboxylic acids is 1. The number of nitrogens with zero attached hydrogens (tertiary/aromatic N) is 6. The van der Waals surface area contributed by atoms with E-state index >= 15 is 0 Å². The van der Waals surface area contributed by atoms with E-state index in [1.165, 1.54) is 46.9 Å². The maximum absolute atomic E-state index is 12.9. The molecule has 2 aliphatic rings. The van der Waals surface area contributed by atoms with Gasteiger partial charge in [-0.05, 0) is 12.0 Å². The number of nitrogen functional groups attached to an aromatic ring is 1. The molecule has 1 fully saturated rings. The topological polar surface area (TPSA) is 186 Å². The Kier molecular flexibility index (Phi) is 7.88. The predicted octanol–water partition coefficient (Wildman–Crippen LogP) is 0.806. The van der Waals surface area contributed by atoms with Gasteiger partial charge in [0.15, 0.2) is 9.47 Å². The summed E-state index contributed by atoms with van der Waals surface area (Å²) in [6.45, 7) is 2.06. The van der Waals surface area contributed by atoms with Gasteiger partial charge in [0.1, 0.15) is 29.2 Å². The highest BCUT2D eigenvalue weighted by Gasteiger charge is 2.54. The van der Waals surface area contributed by atoms with Crippen molar-refractivity contribution in [1.29, 1.82) is 0 Å². The SMILES string of the molecule is CCCc1nnc(SCC2=C(C(=O)O)N3C(=O)C(NC(=O)/C(=N/OC)c4nsc(N)n4)[C@H]3SC2)s1. The number of aromatic nitrogens is 4. The molecule has 4 rings (SSSR count). The Morgan fingerprint density at radius 3 is 2.86 bits per heavy atom. The summed E-state index contributed by atoms with van der Waals surface area (Å²) in [6.07, 6.45) is 1.81. The van der Waals surface area contributed by atoms with Crippen LogP contribution in [0.4, 0.5) is 5.13 Å². The van der Waals surface area contributed by atoms with Crippen molar-refractivity contribution in [3.8, 4) is 0 Å². The third-order valence-electron chi connectivity index (χ3n) is 4.87. The van der Waals surface area contributed by atoms with E-state index in [-0.39, 0.29) is 22.4 Å². The Bertz CT molecular complexity index is 1210. The molecule has 2 amide bonds. The van der Waals surface area contributed by atoms with Crippen LogP contribution in [0.5, 0.6) is 0 Å². The van der Waals surface area contributed by atoms with E-state index in [1.54, 1.807) is 0 Å². The second-order valence-electron chi connectivity index (χ2n) is 7.20. The number of amides is 2. The summed E-state index contributed by atoms with van der Waals surface area (Å²) in [4.78, 5) is 47.6. The van der Waals surface area contributed by atoms with E-state index in [0.717, 1.165) is 33.7 Å². The molecular formula is C18H20N8O5S4. The van der Waals surface area contributed by atoms with Gasteiger partial charge in [0, 0.05) is 29.5 Å². The number of nitrogens with one attached hydrogen (secondary N) is 1. The van der Waals surface area contributed by atoms with Crippen LogP contribution < -0.4 is 11.1 Å². The molecule has 2 aromatic rings. The van der Waals surface area contributed by atoms with E-state index in [9.17, 15) is 19.5 Å². The van der Waals surface area contributed by atoms with Crippen LogP contribution in [0.2, 0.25) is 0 Å². The van der Waals surface area contributed by atoms with Crippen molar-refractivity contribution in [2.24, 2.45) is 5.16 Å². The van der Waals surface area contributed by atoms with Gasteiger partial charge >= 0.3 is 5.97 Å². The van der Waals surface area contributed by atoms with Crippen LogP contribution in [0.15, 0.2) is 20.8 Å². The minimum absolute atomic E-state index is 0.0315. The van der Waals surface area contributed by atoms with Gasteiger partial charge in [0.25, 0.3) is 11.8 Å². The number of nitrogens with two attached hydrogens (primary N) is 1. The monoisotopic (exact) mass is 556 g/mol. The number of β-lactam (4-membered cyclic amide) rings is 1. The van der Waals surface area contributed by atoms with Crippen LogP contribution in [0.3, 0.4) is 0 Å². The molecule has 186 valence electrons. The van der Waals surface area contributed by atoms with E-state index in [1.807, 2.05) is 0 Å². The van der Waals surface area contributed by atoms with E-state index in [4.69, 9.17) is 10.6 Å². The molecule has 0 radical (unpaired) electrons. The molecule has 2 aliphatic heterocycles. The van der Waals surface area contributed by atoms with Crippen LogP contribution in [0.1, 0.15) is 24.2 Å². The zero-order valence-corrected chi connectivity index (χ0v) is 21.7. The number of hydrogen-bond donors (Lipinski definition) is 3. The van der Waals surface area contributed by atoms with E-state index < -0.39 is 29.2 Å². The quantitative estimate of drug-likeness (QED) is 0.162. The molecule has 1 saturated heterocycles. The predicted molar refractivity (Wildman–Crippen MR) is 132 cm³/mol. The largest absolute Gasteiger partial charge is 0.477 e. The van der Waals surface area contributed by atoms with Crippen molar-refractivity contribution >= 4 is 75.0 Å². The first kappa shape index (κ1) is 25.3. The average Bonchev–Trinajstić information content (AvgIpc) is 3.47. The van der Waals surface area contributed by atoms with Gasteiger partial charge < -0.3 is 21.0 Å². The molecule has 4 N–H and O–H groups in total. The maximum Gasteiger partial charge on any atom is 0.352 e. The smallest absolute Gasteiger partial charge is 0.352 e. The minimum atomic E-state index is -1.20. The zero-order valence-electron chi connectivity index (χ0n) is 18.5. The number of carbonyl (C=O) groups is 3. The first-order valence-electron chi connectivity index (χ1n) is 10.2. The first-order valence-corrected chi connectivity index (χ1v) is 13.8. The number of fused-ring (bicyclic) bond motifs is 1. The molecule has 0 saturated carbocycles. The third kappa shape index (κ3) is 5.26. The molecule has 1 unspecified atom stereocenters. The molecule has 2 atom stereocenters. The number of carboxylic acids is 1. The fourth-order valence-corrected chi connectivity index (χ4v) is 7.29. The summed E-state index contributed by atoms with van der Waals surface area (Å²) in [6, 6.07) is -0.936. The number of carboxylic acid groups (broad SMARTS) is 1. The number of hydrogen-bond acceptors (Lipinski definition) is 14. The number of carbonyl (C=O) groups excluding carboxylic acids is 2. The van der Waals surface area contributed by atoms with Crippen molar-refractivity contribution in [3.05, 3.63) is 22.1 Å². The van der Waals surface area contributed by atoms with E-state index in [2.05, 4.69) is 37.0 Å². The third-order valence-corrected chi connectivity index (χ3v) is 8.95. The summed E-state index contributed by atoms with van der Waals surface area (Å²) in [5, 5.41) is 24.9. The molecule has 2 aromatic heterocycles. The average molecular weight is 557 g/mol. The summed E-state index contributed by atoms with van der Waals surface area (Å²) in [7, 11) is 1.26. The molecule has 0 bridgehead atoms. The second kappa shape index (κ2) is 10.9. The number of aryl methyl sites for hydroxylation is 1. The maximum atomic E-state index is 12.9. The molecule has 0 aromatic carbocycles. The Hall–Kier alpha value is -2.76. The minimum Gasteiger partial charge on any atom is -0.477 e. The van der Waals surface area contributed by atoms with E-state index in [0.29, 0.717) is 17.1 Å². The molecule has 17 heteroatoms. The highest BCUT2D eigenvalue weighted by Crippen LogP contribution is 2.41. The highest BCUT2D eigenvalue weighted by atomic mass is 32.2. The summed E-state index contributed by atoms with van der Waals surface area (Å²) >= 11 is 5.13. The van der Waals surface area contributed by atoms with Crippen molar-refractivity contribution in [2.75, 3.05) is 24.3 Å². The lowest BCUT2D eigenvalue weighted by molar-refractivity contribution is -0.150. The van der Waals surface area contributed by atoms with Crippen molar-refractivity contribution in [1.82, 2.24) is 29.8 Å². The normalized spacial score (nSPS) is 19.9. The number of oxime groups is 1. The highest BCUT2D eigenvalue weighted by molar-refractivity contribution is 8.01. The lowest BCUT2D eigenvalue weighted by Gasteiger charge is -2.49. The van der Waals surface area contributed by atoms with Gasteiger partial charge in [-0.15, -0.1) is 22.0 Å². The fraction of sp³-hybridized carbons (Fsp3) is 0.444. The van der Waals surface area contributed by atoms with Gasteiger partial charge in [-0.25, -0.2) is 4.79 Å². The fourth-order valence-electron chi connectivity index (χ4n) is 3.37. The first-order chi connectivity index (χ1) is 16.8. The Labute approximate surface area is 215 Å². The van der Waals surface area contributed by atoms with Crippen LogP contribution in [-0.4, -0.2) is 83.1 Å². The standard InChI is InChI=1S/C18H20N8O5S4/c1-3-4-8-22-23-18(34-8)33-6-7-5-32-15-10(14(28)26(15)11(7)16(29)30)20-13(27)9(24-31-2)12-21-17(19)35-25-12/h10,15H,3-6H2,1-2H3,(H,20,27)(H,29,30)(H2,19,21,25)/b24-9+/t10?,15-/m1/s1. The number of anilines is 1. The van der Waals surface area contributed by atoms with Gasteiger partial charge in [-0.2, -0.15) is 9.36 Å². The van der Waals surface area contributed by atoms with Gasteiger partial charge in [-0.3, -0.25) is 14.5 Å². The molecule has 35 heavy (non-hydrogen) atoms. The van der Waals surface area contributed by atoms with Gasteiger partial charge in [-0.1, -0.05) is 35.2 Å². The number of rotatable bonds is 10. The Balaban J connectivity index is 1.46. The molecular weight excluding hydrogens is 537 g/mol. The van der Waals surface area contributed by atoms with Crippen LogP contribution >= 0.6 is 46.4 Å². The second-order valence-corrected chi connectivity index (χ2v) is 11.4. The van der Waals surface area contributed by atoms with Crippen molar-refractivity contribution in [3.63, 3.8) is 0 Å². The van der Waals surface area contributed by atoms with Crippen LogP contribution in [-0.2, 0) is 25.6 Å². The van der Waals surface area contributed by atoms with Crippen LogP contribution in [0.25, 0.3) is 0 Å². The Morgan fingerprint density at radius 2 is 2.20 bits per heavy atom. The summed E-state index contributed by atoms with van der Waals surface area (Å²) in [5.74, 6) is -1.74. The summed E-state index contributed by atoms with van der Waals surface area (Å²) < 4.78 is 4.70. The number of thioether (sulfide) groups is 2. The lowest BCUT2D eigenvalue weighted by atomic mass is 10.0. The van der Waals surface area contributed by atoms with Crippen LogP contribution in [0, 0.1) is 0 Å². The molecule has 4 heterocycles. The zero-order chi connectivity index (χ0) is 25.1. The lowest BCUT2D eigenvalue weighted by Crippen LogP contribution is -2.71. The molecule has 0 aliphatic carbocycles. The van der Waals surface area contributed by atoms with Crippen molar-refractivity contribution < 1.29 is 24.3 Å². The Morgan fingerprint density at radius 1 is 1.40 bits per heavy atom. The molecule has 0 spiro atoms. The summed E-state index contributed by atoms with van der Waals surface area (Å²) in [5.41, 5.74) is 5.89. The van der Waals surface area contributed by atoms with Crippen molar-refractivity contribution in [2.45, 2.75) is 35.5 Å².